The van der Waals surface area contributed by atoms with Crippen molar-refractivity contribution in [2.24, 2.45) is 13.0 Å². The summed E-state index contributed by atoms with van der Waals surface area (Å²) in [6.07, 6.45) is 7.20. The number of pyridine rings is 1. The van der Waals surface area contributed by atoms with Crippen molar-refractivity contribution in [2.75, 3.05) is 18.0 Å². The Kier molecular flexibility index (Phi) is 4.66. The van der Waals surface area contributed by atoms with Crippen LogP contribution in [-0.4, -0.2) is 43.6 Å². The maximum Gasteiger partial charge on any atom is 0.225 e. The summed E-state index contributed by atoms with van der Waals surface area (Å²) in [6, 6.07) is 7.35. The standard InChI is InChI=1S/C20H22N6O/c1-14-16(13-25(2)24-14)17-8-10-22-20(23-17)26-11-5-6-15(12-26)19(27)18-7-3-4-9-21-18/h3-4,7-10,13,15H,5-6,11-12H2,1-2H3. The van der Waals surface area contributed by atoms with Crippen molar-refractivity contribution in [3.63, 3.8) is 0 Å². The van der Waals surface area contributed by atoms with E-state index in [1.165, 1.54) is 0 Å². The van der Waals surface area contributed by atoms with Gasteiger partial charge in [0.05, 0.1) is 11.4 Å². The molecule has 0 aromatic carbocycles. The predicted molar refractivity (Wildman–Crippen MR) is 102 cm³/mol. The van der Waals surface area contributed by atoms with Crippen LogP contribution < -0.4 is 4.90 Å². The number of carbonyl (C=O) groups excluding carboxylic acids is 1. The first kappa shape index (κ1) is 17.3. The lowest BCUT2D eigenvalue weighted by atomic mass is 9.92. The molecule has 7 heteroatoms. The summed E-state index contributed by atoms with van der Waals surface area (Å²) in [5, 5.41) is 4.39. The molecule has 0 spiro atoms. The van der Waals surface area contributed by atoms with Crippen LogP contribution >= 0.6 is 0 Å². The summed E-state index contributed by atoms with van der Waals surface area (Å²) in [4.78, 5) is 28.3. The number of anilines is 1. The van der Waals surface area contributed by atoms with E-state index in [2.05, 4.69) is 20.0 Å². The van der Waals surface area contributed by atoms with Gasteiger partial charge in [0.2, 0.25) is 5.95 Å². The Morgan fingerprint density at radius 3 is 2.81 bits per heavy atom. The average Bonchev–Trinajstić information content (AvgIpc) is 3.06. The van der Waals surface area contributed by atoms with Crippen LogP contribution in [0.15, 0.2) is 42.9 Å². The summed E-state index contributed by atoms with van der Waals surface area (Å²) < 4.78 is 1.79. The monoisotopic (exact) mass is 362 g/mol. The predicted octanol–water partition coefficient (Wildman–Crippen LogP) is 2.68. The van der Waals surface area contributed by atoms with Crippen LogP contribution in [0.4, 0.5) is 5.95 Å². The van der Waals surface area contributed by atoms with E-state index >= 15 is 0 Å². The smallest absolute Gasteiger partial charge is 0.225 e. The molecule has 0 N–H and O–H groups in total. The lowest BCUT2D eigenvalue weighted by molar-refractivity contribution is 0.0901. The third-order valence-corrected chi connectivity index (χ3v) is 4.92. The molecule has 1 aliphatic heterocycles. The lowest BCUT2D eigenvalue weighted by Gasteiger charge is -2.32. The van der Waals surface area contributed by atoms with E-state index in [1.807, 2.05) is 38.4 Å². The second-order valence-corrected chi connectivity index (χ2v) is 6.91. The Morgan fingerprint density at radius 2 is 2.07 bits per heavy atom. The van der Waals surface area contributed by atoms with Crippen LogP contribution in [0.1, 0.15) is 29.0 Å². The van der Waals surface area contributed by atoms with E-state index < -0.39 is 0 Å². The molecule has 0 aliphatic carbocycles. The van der Waals surface area contributed by atoms with E-state index in [0.717, 1.165) is 36.3 Å². The molecule has 3 aromatic heterocycles. The first-order chi connectivity index (χ1) is 13.1. The normalized spacial score (nSPS) is 17.1. The number of Topliss-reactive ketones (excluding diaryl/α,β-unsaturated/α-hetero) is 1. The van der Waals surface area contributed by atoms with Crippen LogP contribution in [0.25, 0.3) is 11.3 Å². The Bertz CT molecular complexity index is 952. The molecule has 0 bridgehead atoms. The molecule has 27 heavy (non-hydrogen) atoms. The molecular weight excluding hydrogens is 340 g/mol. The zero-order valence-corrected chi connectivity index (χ0v) is 15.5. The molecule has 4 heterocycles. The van der Waals surface area contributed by atoms with Gasteiger partial charge >= 0.3 is 0 Å². The van der Waals surface area contributed by atoms with Gasteiger partial charge in [-0.2, -0.15) is 5.10 Å². The molecule has 138 valence electrons. The number of piperidine rings is 1. The van der Waals surface area contributed by atoms with Crippen molar-refractivity contribution in [2.45, 2.75) is 19.8 Å². The minimum atomic E-state index is -0.0824. The van der Waals surface area contributed by atoms with Crippen molar-refractivity contribution in [3.05, 3.63) is 54.2 Å². The maximum absolute atomic E-state index is 12.8. The van der Waals surface area contributed by atoms with Gasteiger partial charge in [0, 0.05) is 50.2 Å². The summed E-state index contributed by atoms with van der Waals surface area (Å²) in [7, 11) is 1.90. The molecule has 1 aliphatic rings. The van der Waals surface area contributed by atoms with Crippen LogP contribution in [-0.2, 0) is 7.05 Å². The zero-order valence-electron chi connectivity index (χ0n) is 15.5. The van der Waals surface area contributed by atoms with Crippen molar-refractivity contribution in [1.29, 1.82) is 0 Å². The number of aryl methyl sites for hydroxylation is 2. The van der Waals surface area contributed by atoms with Gasteiger partial charge in [-0.1, -0.05) is 6.07 Å². The number of hydrogen-bond acceptors (Lipinski definition) is 6. The van der Waals surface area contributed by atoms with E-state index in [0.29, 0.717) is 18.2 Å². The molecular formula is C20H22N6O. The molecule has 4 rings (SSSR count). The van der Waals surface area contributed by atoms with Gasteiger partial charge in [-0.15, -0.1) is 0 Å². The number of hydrogen-bond donors (Lipinski definition) is 0. The molecule has 1 unspecified atom stereocenters. The summed E-state index contributed by atoms with van der Waals surface area (Å²) in [5.41, 5.74) is 3.32. The quantitative estimate of drug-likeness (QED) is 0.664. The molecule has 7 nitrogen and oxygen atoms in total. The fourth-order valence-corrected chi connectivity index (χ4v) is 3.59. The zero-order chi connectivity index (χ0) is 18.8. The lowest BCUT2D eigenvalue weighted by Crippen LogP contribution is -2.39. The molecule has 1 atom stereocenters. The highest BCUT2D eigenvalue weighted by Crippen LogP contribution is 2.26. The minimum absolute atomic E-state index is 0.0824. The Morgan fingerprint density at radius 1 is 1.19 bits per heavy atom. The number of ketones is 1. The fourth-order valence-electron chi connectivity index (χ4n) is 3.59. The van der Waals surface area contributed by atoms with Gasteiger partial charge in [-0.25, -0.2) is 9.97 Å². The highest BCUT2D eigenvalue weighted by atomic mass is 16.1. The van der Waals surface area contributed by atoms with Crippen molar-refractivity contribution in [3.8, 4) is 11.3 Å². The third kappa shape index (κ3) is 3.58. The number of nitrogens with zero attached hydrogens (tertiary/aromatic N) is 6. The van der Waals surface area contributed by atoms with Crippen molar-refractivity contribution in [1.82, 2.24) is 24.7 Å². The molecule has 0 saturated carbocycles. The molecule has 1 fully saturated rings. The minimum Gasteiger partial charge on any atom is -0.340 e. The Hall–Kier alpha value is -3.09. The first-order valence-electron chi connectivity index (χ1n) is 9.15. The largest absolute Gasteiger partial charge is 0.340 e. The average molecular weight is 362 g/mol. The topological polar surface area (TPSA) is 76.8 Å². The van der Waals surface area contributed by atoms with Gasteiger partial charge in [-0.05, 0) is 38.0 Å². The Labute approximate surface area is 158 Å². The van der Waals surface area contributed by atoms with Crippen LogP contribution in [0.3, 0.4) is 0 Å². The summed E-state index contributed by atoms with van der Waals surface area (Å²) in [5.74, 6) is 0.676. The Balaban J connectivity index is 1.56. The number of aromatic nitrogens is 5. The second-order valence-electron chi connectivity index (χ2n) is 6.91. The third-order valence-electron chi connectivity index (χ3n) is 4.92. The van der Waals surface area contributed by atoms with Gasteiger partial charge in [0.1, 0.15) is 5.69 Å². The van der Waals surface area contributed by atoms with Crippen LogP contribution in [0, 0.1) is 12.8 Å². The second kappa shape index (κ2) is 7.26. The first-order valence-corrected chi connectivity index (χ1v) is 9.15. The SMILES string of the molecule is Cc1nn(C)cc1-c1ccnc(N2CCCC(C(=O)c3ccccn3)C2)n1. The number of carbonyl (C=O) groups is 1. The van der Waals surface area contributed by atoms with E-state index in [9.17, 15) is 4.79 Å². The van der Waals surface area contributed by atoms with Crippen molar-refractivity contribution < 1.29 is 4.79 Å². The molecule has 1 saturated heterocycles. The summed E-state index contributed by atoms with van der Waals surface area (Å²) >= 11 is 0. The van der Waals surface area contributed by atoms with Crippen molar-refractivity contribution >= 4 is 11.7 Å². The van der Waals surface area contributed by atoms with E-state index in [4.69, 9.17) is 4.98 Å². The van der Waals surface area contributed by atoms with Gasteiger partial charge in [0.25, 0.3) is 0 Å². The van der Waals surface area contributed by atoms with Gasteiger partial charge in [0.15, 0.2) is 5.78 Å². The molecule has 3 aromatic rings. The van der Waals surface area contributed by atoms with Gasteiger partial charge in [-0.3, -0.25) is 14.5 Å². The highest BCUT2D eigenvalue weighted by Gasteiger charge is 2.28. The fraction of sp³-hybridized carbons (Fsp3) is 0.350. The number of rotatable bonds is 4. The van der Waals surface area contributed by atoms with Gasteiger partial charge < -0.3 is 4.90 Å². The van der Waals surface area contributed by atoms with E-state index in [-0.39, 0.29) is 11.7 Å². The highest BCUT2D eigenvalue weighted by molar-refractivity contribution is 5.96. The van der Waals surface area contributed by atoms with Crippen LogP contribution in [0.2, 0.25) is 0 Å². The maximum atomic E-state index is 12.8. The van der Waals surface area contributed by atoms with E-state index in [1.54, 1.807) is 23.1 Å². The summed E-state index contributed by atoms with van der Waals surface area (Å²) in [6.45, 7) is 3.44. The molecule has 0 amide bonds. The molecule has 0 radical (unpaired) electrons. The van der Waals surface area contributed by atoms with Crippen LogP contribution in [0.5, 0.6) is 0 Å².